The summed E-state index contributed by atoms with van der Waals surface area (Å²) in [6, 6.07) is 2.49. The predicted octanol–water partition coefficient (Wildman–Crippen LogP) is 2.85. The van der Waals surface area contributed by atoms with Gasteiger partial charge < -0.3 is 9.88 Å². The van der Waals surface area contributed by atoms with E-state index in [0.717, 1.165) is 36.3 Å². The second kappa shape index (κ2) is 5.42. The number of nitrogens with zero attached hydrogens (tertiary/aromatic N) is 2. The van der Waals surface area contributed by atoms with Gasteiger partial charge in [0.05, 0.1) is 5.52 Å². The van der Waals surface area contributed by atoms with E-state index in [1.807, 2.05) is 11.4 Å². The van der Waals surface area contributed by atoms with Gasteiger partial charge in [0, 0.05) is 19.1 Å². The molecular formula is C14H19N3OS2. The molecule has 2 aromatic heterocycles. The first-order valence-corrected chi connectivity index (χ1v) is 8.29. The summed E-state index contributed by atoms with van der Waals surface area (Å²) in [5.74, 6) is 0.516. The number of likely N-dealkylation sites (tertiary alicyclic amines) is 1. The Bertz CT molecular complexity index is 728. The molecule has 4 nitrogen and oxygen atoms in total. The molecule has 1 unspecified atom stereocenters. The number of rotatable bonds is 3. The van der Waals surface area contributed by atoms with Gasteiger partial charge in [-0.1, -0.05) is 0 Å². The van der Waals surface area contributed by atoms with Gasteiger partial charge in [-0.2, -0.15) is 0 Å². The summed E-state index contributed by atoms with van der Waals surface area (Å²) in [7, 11) is 0. The van der Waals surface area contributed by atoms with E-state index < -0.39 is 0 Å². The molecule has 0 saturated carbocycles. The summed E-state index contributed by atoms with van der Waals surface area (Å²) in [6.45, 7) is 7.35. The van der Waals surface area contributed by atoms with Crippen LogP contribution in [0.4, 0.5) is 0 Å². The van der Waals surface area contributed by atoms with E-state index in [-0.39, 0.29) is 5.56 Å². The van der Waals surface area contributed by atoms with E-state index >= 15 is 0 Å². The van der Waals surface area contributed by atoms with Crippen LogP contribution >= 0.6 is 23.6 Å². The number of fused-ring (bicyclic) bond motifs is 1. The first-order valence-electron chi connectivity index (χ1n) is 7.00. The second-order valence-corrected chi connectivity index (χ2v) is 7.06. The van der Waals surface area contributed by atoms with Crippen LogP contribution in [-0.2, 0) is 6.54 Å². The fourth-order valence-corrected chi connectivity index (χ4v) is 3.94. The highest BCUT2D eigenvalue weighted by Crippen LogP contribution is 2.20. The van der Waals surface area contributed by atoms with Crippen molar-refractivity contribution in [2.24, 2.45) is 5.92 Å². The third-order valence-electron chi connectivity index (χ3n) is 4.08. The van der Waals surface area contributed by atoms with Crippen LogP contribution < -0.4 is 5.56 Å². The summed E-state index contributed by atoms with van der Waals surface area (Å²) in [5, 5.41) is 1.93. The SMILES string of the molecule is CC(C)N1CCC(Cn2c(=S)[nH]c3ccsc3c2=O)C1. The van der Waals surface area contributed by atoms with Gasteiger partial charge in [0.15, 0.2) is 4.77 Å². The first kappa shape index (κ1) is 14.0. The smallest absolute Gasteiger partial charge is 0.272 e. The van der Waals surface area contributed by atoms with E-state index in [9.17, 15) is 4.79 Å². The molecule has 0 radical (unpaired) electrons. The standard InChI is InChI=1S/C14H19N3OS2/c1-9(2)16-5-3-10(7-16)8-17-13(18)12-11(4-6-20-12)15-14(17)19/h4,6,9-10H,3,5,7-8H2,1-2H3,(H,15,19). The van der Waals surface area contributed by atoms with E-state index in [1.54, 1.807) is 4.57 Å². The van der Waals surface area contributed by atoms with Crippen molar-refractivity contribution in [2.75, 3.05) is 13.1 Å². The topological polar surface area (TPSA) is 41.0 Å². The zero-order valence-electron chi connectivity index (χ0n) is 11.8. The second-order valence-electron chi connectivity index (χ2n) is 5.75. The summed E-state index contributed by atoms with van der Waals surface area (Å²) in [5.41, 5.74) is 0.915. The van der Waals surface area contributed by atoms with Crippen LogP contribution in [-0.4, -0.2) is 33.6 Å². The Kier molecular flexibility index (Phi) is 3.79. The van der Waals surface area contributed by atoms with Crippen molar-refractivity contribution in [3.63, 3.8) is 0 Å². The Morgan fingerprint density at radius 3 is 3.05 bits per heavy atom. The number of aromatic amines is 1. The maximum Gasteiger partial charge on any atom is 0.272 e. The van der Waals surface area contributed by atoms with Gasteiger partial charge in [0.1, 0.15) is 4.70 Å². The molecule has 1 fully saturated rings. The van der Waals surface area contributed by atoms with Crippen LogP contribution in [0, 0.1) is 10.7 Å². The minimum absolute atomic E-state index is 0.0572. The number of nitrogens with one attached hydrogen (secondary N) is 1. The predicted molar refractivity (Wildman–Crippen MR) is 86.1 cm³/mol. The van der Waals surface area contributed by atoms with Crippen molar-refractivity contribution >= 4 is 33.8 Å². The van der Waals surface area contributed by atoms with Crippen LogP contribution in [0.1, 0.15) is 20.3 Å². The van der Waals surface area contributed by atoms with Crippen LogP contribution in [0.25, 0.3) is 10.2 Å². The van der Waals surface area contributed by atoms with Gasteiger partial charge in [-0.3, -0.25) is 9.36 Å². The Hall–Kier alpha value is -0.980. The molecule has 20 heavy (non-hydrogen) atoms. The van der Waals surface area contributed by atoms with Crippen molar-refractivity contribution in [1.29, 1.82) is 0 Å². The summed E-state index contributed by atoms with van der Waals surface area (Å²) in [4.78, 5) is 18.1. The van der Waals surface area contributed by atoms with E-state index in [2.05, 4.69) is 23.7 Å². The van der Waals surface area contributed by atoms with Crippen molar-refractivity contribution in [3.8, 4) is 0 Å². The van der Waals surface area contributed by atoms with Crippen LogP contribution in [0.15, 0.2) is 16.2 Å². The molecule has 0 amide bonds. The lowest BCUT2D eigenvalue weighted by atomic mass is 10.1. The number of hydrogen-bond donors (Lipinski definition) is 1. The minimum Gasteiger partial charge on any atom is -0.331 e. The van der Waals surface area contributed by atoms with Crippen molar-refractivity contribution in [1.82, 2.24) is 14.5 Å². The highest BCUT2D eigenvalue weighted by Gasteiger charge is 2.25. The zero-order chi connectivity index (χ0) is 14.3. The lowest BCUT2D eigenvalue weighted by molar-refractivity contribution is 0.260. The molecule has 3 rings (SSSR count). The van der Waals surface area contributed by atoms with Crippen LogP contribution in [0.5, 0.6) is 0 Å². The fraction of sp³-hybridized carbons (Fsp3) is 0.571. The molecule has 0 bridgehead atoms. The Balaban J connectivity index is 1.88. The quantitative estimate of drug-likeness (QED) is 0.886. The maximum absolute atomic E-state index is 12.5. The van der Waals surface area contributed by atoms with Crippen LogP contribution in [0.2, 0.25) is 0 Å². The summed E-state index contributed by atoms with van der Waals surface area (Å²) >= 11 is 6.83. The van der Waals surface area contributed by atoms with Crippen molar-refractivity contribution < 1.29 is 0 Å². The number of H-pyrrole nitrogens is 1. The van der Waals surface area contributed by atoms with Gasteiger partial charge in [-0.15, -0.1) is 11.3 Å². The number of thiophene rings is 1. The monoisotopic (exact) mass is 309 g/mol. The highest BCUT2D eigenvalue weighted by atomic mass is 32.1. The summed E-state index contributed by atoms with van der Waals surface area (Å²) < 4.78 is 3.06. The molecule has 0 spiro atoms. The molecule has 0 aliphatic carbocycles. The molecule has 3 heterocycles. The van der Waals surface area contributed by atoms with Crippen molar-refractivity contribution in [3.05, 3.63) is 26.6 Å². The minimum atomic E-state index is 0.0572. The van der Waals surface area contributed by atoms with Gasteiger partial charge in [-0.05, 0) is 56.4 Å². The average Bonchev–Trinajstić information content (AvgIpc) is 3.02. The van der Waals surface area contributed by atoms with Gasteiger partial charge in [0.2, 0.25) is 0 Å². The molecule has 2 aromatic rings. The van der Waals surface area contributed by atoms with Crippen molar-refractivity contribution in [2.45, 2.75) is 32.9 Å². The maximum atomic E-state index is 12.5. The molecule has 0 aromatic carbocycles. The number of hydrogen-bond acceptors (Lipinski definition) is 4. The first-order chi connectivity index (χ1) is 9.56. The normalized spacial score (nSPS) is 20.2. The molecule has 1 atom stereocenters. The van der Waals surface area contributed by atoms with E-state index in [1.165, 1.54) is 11.3 Å². The highest BCUT2D eigenvalue weighted by molar-refractivity contribution is 7.71. The van der Waals surface area contributed by atoms with E-state index in [4.69, 9.17) is 12.2 Å². The molecule has 1 N–H and O–H groups in total. The Labute approximate surface area is 127 Å². The van der Waals surface area contributed by atoms with Gasteiger partial charge >= 0.3 is 0 Å². The summed E-state index contributed by atoms with van der Waals surface area (Å²) in [6.07, 6.45) is 1.14. The molecule has 1 aliphatic rings. The third kappa shape index (κ3) is 2.47. The molecule has 108 valence electrons. The Morgan fingerprint density at radius 1 is 1.55 bits per heavy atom. The van der Waals surface area contributed by atoms with Crippen LogP contribution in [0.3, 0.4) is 0 Å². The molecule has 1 aliphatic heterocycles. The molecule has 6 heteroatoms. The van der Waals surface area contributed by atoms with E-state index in [0.29, 0.717) is 16.7 Å². The average molecular weight is 309 g/mol. The zero-order valence-corrected chi connectivity index (χ0v) is 13.4. The number of aromatic nitrogens is 2. The van der Waals surface area contributed by atoms with Gasteiger partial charge in [0.25, 0.3) is 5.56 Å². The van der Waals surface area contributed by atoms with Gasteiger partial charge in [-0.25, -0.2) is 0 Å². The largest absolute Gasteiger partial charge is 0.331 e. The lowest BCUT2D eigenvalue weighted by Crippen LogP contribution is -2.30. The lowest BCUT2D eigenvalue weighted by Gasteiger charge is -2.20. The molecular weight excluding hydrogens is 290 g/mol. The molecule has 1 saturated heterocycles. The third-order valence-corrected chi connectivity index (χ3v) is 5.30. The fourth-order valence-electron chi connectivity index (χ4n) is 2.88. The Morgan fingerprint density at radius 2 is 2.35 bits per heavy atom.